The maximum Gasteiger partial charge on any atom is 0.251 e. The smallest absolute Gasteiger partial charge is 0.251 e. The highest BCUT2D eigenvalue weighted by Crippen LogP contribution is 2.31. The number of alkyl halides is 1. The van der Waals surface area contributed by atoms with Gasteiger partial charge < -0.3 is 29.7 Å². The van der Waals surface area contributed by atoms with Crippen LogP contribution in [0.15, 0.2) is 48.7 Å². The van der Waals surface area contributed by atoms with Crippen molar-refractivity contribution in [2.75, 3.05) is 62.7 Å². The summed E-state index contributed by atoms with van der Waals surface area (Å²) in [5.74, 6) is -0.871. The van der Waals surface area contributed by atoms with Crippen LogP contribution in [-0.4, -0.2) is 108 Å². The van der Waals surface area contributed by atoms with Crippen LogP contribution in [0.4, 0.5) is 26.1 Å². The molecule has 45 heavy (non-hydrogen) atoms. The third-order valence-electron chi connectivity index (χ3n) is 8.49. The van der Waals surface area contributed by atoms with E-state index < -0.39 is 30.1 Å². The molecular formula is C32H35F2N7O4. The topological polar surface area (TPSA) is 127 Å². The number of carbonyl (C=O) groups excluding carboxylic acids is 1. The fourth-order valence-corrected chi connectivity index (χ4v) is 5.80. The number of aromatic nitrogens is 2. The summed E-state index contributed by atoms with van der Waals surface area (Å²) in [6, 6.07) is 15.0. The van der Waals surface area contributed by atoms with E-state index in [-0.39, 0.29) is 42.5 Å². The number of anilines is 3. The van der Waals surface area contributed by atoms with Crippen molar-refractivity contribution >= 4 is 23.2 Å². The van der Waals surface area contributed by atoms with Gasteiger partial charge in [0, 0.05) is 56.1 Å². The number of nitrogens with zero attached hydrogens (tertiary/aromatic N) is 6. The summed E-state index contributed by atoms with van der Waals surface area (Å²) >= 11 is 0. The van der Waals surface area contributed by atoms with E-state index in [0.29, 0.717) is 11.6 Å². The molecule has 1 aromatic heterocycles. The number of hydrogen-bond donors (Lipinski definition) is 2. The summed E-state index contributed by atoms with van der Waals surface area (Å²) in [7, 11) is 0. The zero-order chi connectivity index (χ0) is 31.5. The third-order valence-corrected chi connectivity index (χ3v) is 8.49. The van der Waals surface area contributed by atoms with E-state index in [1.165, 1.54) is 24.0 Å². The van der Waals surface area contributed by atoms with Gasteiger partial charge >= 0.3 is 0 Å². The van der Waals surface area contributed by atoms with Crippen molar-refractivity contribution in [3.05, 3.63) is 60.0 Å². The molecule has 2 aromatic carbocycles. The number of nitriles is 1. The number of amides is 1. The molecule has 0 radical (unpaired) electrons. The molecule has 3 aliphatic rings. The van der Waals surface area contributed by atoms with Crippen molar-refractivity contribution in [3.8, 4) is 23.1 Å². The molecule has 11 nitrogen and oxygen atoms in total. The van der Waals surface area contributed by atoms with Crippen molar-refractivity contribution in [3.63, 3.8) is 0 Å². The number of hydrogen-bond acceptors (Lipinski definition) is 10. The SMILES string of the molecule is C[C@H](O)C(=O)N1CCC(Oc2ccc(-c3nc(Nc4ccc(N5CCN(C6COC6)CC5)cc4)ncc3F)cc2C#N)C(F)C1. The van der Waals surface area contributed by atoms with Gasteiger partial charge in [-0.1, -0.05) is 0 Å². The third kappa shape index (κ3) is 6.83. The second kappa shape index (κ2) is 13.3. The van der Waals surface area contributed by atoms with Crippen LogP contribution in [0.1, 0.15) is 18.9 Å². The summed E-state index contributed by atoms with van der Waals surface area (Å²) in [6.07, 6.45) is -2.35. The normalized spacial score (nSPS) is 21.5. The Bertz CT molecular complexity index is 1560. The van der Waals surface area contributed by atoms with Crippen LogP contribution in [0.2, 0.25) is 0 Å². The van der Waals surface area contributed by atoms with E-state index >= 15 is 0 Å². The van der Waals surface area contributed by atoms with Crippen molar-refractivity contribution in [2.24, 2.45) is 0 Å². The lowest BCUT2D eigenvalue weighted by atomic mass is 10.0. The van der Waals surface area contributed by atoms with Crippen molar-refractivity contribution < 1.29 is 28.2 Å². The van der Waals surface area contributed by atoms with Crippen LogP contribution in [0.5, 0.6) is 5.75 Å². The molecule has 0 spiro atoms. The zero-order valence-electron chi connectivity index (χ0n) is 24.9. The molecule has 2 N–H and O–H groups in total. The van der Waals surface area contributed by atoms with E-state index in [9.17, 15) is 23.9 Å². The Balaban J connectivity index is 1.10. The number of carbonyl (C=O) groups is 1. The van der Waals surface area contributed by atoms with Crippen LogP contribution in [0, 0.1) is 17.1 Å². The monoisotopic (exact) mass is 619 g/mol. The van der Waals surface area contributed by atoms with Gasteiger partial charge in [-0.2, -0.15) is 5.26 Å². The molecule has 13 heteroatoms. The zero-order valence-corrected chi connectivity index (χ0v) is 24.9. The van der Waals surface area contributed by atoms with Crippen LogP contribution >= 0.6 is 0 Å². The predicted molar refractivity (Wildman–Crippen MR) is 162 cm³/mol. The van der Waals surface area contributed by atoms with Gasteiger partial charge in [-0.3, -0.25) is 9.69 Å². The number of nitrogens with one attached hydrogen (secondary N) is 1. The number of halogens is 2. The van der Waals surface area contributed by atoms with Crippen LogP contribution in [-0.2, 0) is 9.53 Å². The number of aliphatic hydroxyl groups is 1. The molecule has 0 bridgehead atoms. The summed E-state index contributed by atoms with van der Waals surface area (Å²) in [4.78, 5) is 26.6. The highest BCUT2D eigenvalue weighted by atomic mass is 19.1. The largest absolute Gasteiger partial charge is 0.486 e. The Labute approximate surface area is 260 Å². The quantitative estimate of drug-likeness (QED) is 0.388. The predicted octanol–water partition coefficient (Wildman–Crippen LogP) is 3.12. The summed E-state index contributed by atoms with van der Waals surface area (Å²) in [6.45, 7) is 6.88. The van der Waals surface area contributed by atoms with Crippen LogP contribution in [0.3, 0.4) is 0 Å². The Kier molecular flexibility index (Phi) is 9.07. The second-order valence-electron chi connectivity index (χ2n) is 11.5. The molecule has 3 aliphatic heterocycles. The summed E-state index contributed by atoms with van der Waals surface area (Å²) in [5, 5.41) is 22.4. The molecule has 236 valence electrons. The highest BCUT2D eigenvalue weighted by molar-refractivity contribution is 5.80. The van der Waals surface area contributed by atoms with E-state index in [1.807, 2.05) is 30.3 Å². The summed E-state index contributed by atoms with van der Waals surface area (Å²) in [5.41, 5.74) is 2.28. The number of ether oxygens (including phenoxy) is 2. The minimum atomic E-state index is -1.51. The van der Waals surface area contributed by atoms with Gasteiger partial charge in [0.15, 0.2) is 12.0 Å². The highest BCUT2D eigenvalue weighted by Gasteiger charge is 2.34. The molecular weight excluding hydrogens is 584 g/mol. The minimum absolute atomic E-state index is 0.00443. The first-order valence-corrected chi connectivity index (χ1v) is 15.1. The molecule has 3 saturated heterocycles. The lowest BCUT2D eigenvalue weighted by Gasteiger charge is -2.43. The molecule has 0 aliphatic carbocycles. The maximum absolute atomic E-state index is 14.9. The molecule has 0 saturated carbocycles. The van der Waals surface area contributed by atoms with E-state index in [1.54, 1.807) is 6.07 Å². The molecule has 2 unspecified atom stereocenters. The molecule has 1 amide bonds. The number of piperidine rings is 1. The molecule has 3 fully saturated rings. The van der Waals surface area contributed by atoms with Gasteiger partial charge in [0.25, 0.3) is 5.91 Å². The first-order valence-electron chi connectivity index (χ1n) is 15.1. The molecule has 3 aromatic rings. The lowest BCUT2D eigenvalue weighted by molar-refractivity contribution is -0.143. The van der Waals surface area contributed by atoms with Crippen LogP contribution < -0.4 is 15.0 Å². The molecule has 3 atom stereocenters. The first kappa shape index (κ1) is 30.6. The first-order chi connectivity index (χ1) is 21.8. The van der Waals surface area contributed by atoms with Crippen LogP contribution in [0.25, 0.3) is 11.3 Å². The molecule has 6 rings (SSSR count). The van der Waals surface area contributed by atoms with Gasteiger partial charge in [0.05, 0.1) is 37.6 Å². The van der Waals surface area contributed by atoms with Crippen molar-refractivity contribution in [2.45, 2.75) is 37.8 Å². The fourth-order valence-electron chi connectivity index (χ4n) is 5.80. The second-order valence-corrected chi connectivity index (χ2v) is 11.5. The maximum atomic E-state index is 14.9. The van der Waals surface area contributed by atoms with Gasteiger partial charge in [0.1, 0.15) is 29.7 Å². The molecule has 4 heterocycles. The number of rotatable bonds is 8. The Morgan fingerprint density at radius 3 is 2.56 bits per heavy atom. The number of piperazine rings is 1. The van der Waals surface area contributed by atoms with Gasteiger partial charge in [-0.15, -0.1) is 0 Å². The average Bonchev–Trinajstić information content (AvgIpc) is 3.02. The number of likely N-dealkylation sites (tertiary alicyclic amines) is 1. The van der Waals surface area contributed by atoms with Gasteiger partial charge in [-0.25, -0.2) is 18.7 Å². The van der Waals surface area contributed by atoms with Gasteiger partial charge in [-0.05, 0) is 49.4 Å². The van der Waals surface area contributed by atoms with Crippen molar-refractivity contribution in [1.29, 1.82) is 5.26 Å². The van der Waals surface area contributed by atoms with E-state index in [4.69, 9.17) is 9.47 Å². The lowest BCUT2D eigenvalue weighted by Crippen LogP contribution is -2.56. The summed E-state index contributed by atoms with van der Waals surface area (Å²) < 4.78 is 40.9. The Hall–Kier alpha value is -4.38. The average molecular weight is 620 g/mol. The number of aliphatic hydroxyl groups excluding tert-OH is 1. The van der Waals surface area contributed by atoms with E-state index in [2.05, 4.69) is 25.1 Å². The minimum Gasteiger partial charge on any atom is -0.486 e. The standard InChI is InChI=1S/C32H35F2N7O4/c1-20(42)31(43)41-9-8-29(27(34)17-41)45-28-7-2-21(14-22(28)15-35)30-26(33)16-36-32(38-30)37-23-3-5-24(6-4-23)39-10-12-40(13-11-39)25-18-44-19-25/h2-7,14,16,20,25,27,29,42H,8-13,17-19H2,1H3,(H,36,37,38)/t20-,27?,29?/m0/s1. The van der Waals surface area contributed by atoms with E-state index in [0.717, 1.165) is 57.0 Å². The fraction of sp³-hybridized carbons (Fsp3) is 0.438. The Morgan fingerprint density at radius 2 is 1.91 bits per heavy atom. The van der Waals surface area contributed by atoms with Crippen molar-refractivity contribution in [1.82, 2.24) is 19.8 Å². The Morgan fingerprint density at radius 1 is 1.16 bits per heavy atom. The number of benzene rings is 2. The van der Waals surface area contributed by atoms with Gasteiger partial charge in [0.2, 0.25) is 5.95 Å².